The van der Waals surface area contributed by atoms with Crippen LogP contribution in [0, 0.1) is 5.82 Å². The maximum atomic E-state index is 13.7. The molecule has 1 N–H and O–H groups in total. The van der Waals surface area contributed by atoms with Gasteiger partial charge in [0.1, 0.15) is 11.9 Å². The van der Waals surface area contributed by atoms with Crippen LogP contribution < -0.4 is 5.32 Å². The molecule has 0 aliphatic carbocycles. The second kappa shape index (κ2) is 6.92. The molecule has 23 heavy (non-hydrogen) atoms. The Bertz CT molecular complexity index is 769. The molecule has 0 radical (unpaired) electrons. The Balaban J connectivity index is 1.80. The third-order valence-corrected chi connectivity index (χ3v) is 3.70. The molecule has 1 unspecified atom stereocenters. The summed E-state index contributed by atoms with van der Waals surface area (Å²) in [5, 5.41) is 2.83. The molecule has 3 aromatic rings. The number of carbonyl (C=O) groups excluding carboxylic acids is 1. The summed E-state index contributed by atoms with van der Waals surface area (Å²) < 4.78 is 15.5. The smallest absolute Gasteiger partial charge is 0.247 e. The van der Waals surface area contributed by atoms with Gasteiger partial charge < -0.3 is 9.88 Å². The number of hydrogen-bond acceptors (Lipinski definition) is 1. The highest BCUT2D eigenvalue weighted by Crippen LogP contribution is 2.19. The van der Waals surface area contributed by atoms with E-state index in [1.54, 1.807) is 18.2 Å². The van der Waals surface area contributed by atoms with E-state index in [-0.39, 0.29) is 18.3 Å². The molecule has 3 nitrogen and oxygen atoms in total. The van der Waals surface area contributed by atoms with E-state index in [1.165, 1.54) is 6.07 Å². The molecule has 4 heteroatoms. The van der Waals surface area contributed by atoms with E-state index in [4.69, 9.17) is 0 Å². The summed E-state index contributed by atoms with van der Waals surface area (Å²) >= 11 is 0. The minimum absolute atomic E-state index is 0.163. The largest absolute Gasteiger partial charge is 0.350 e. The number of aromatic nitrogens is 1. The van der Waals surface area contributed by atoms with E-state index in [9.17, 15) is 9.18 Å². The molecule has 1 aromatic heterocycles. The standard InChI is InChI=1S/C19H17FN2O/c20-17-11-5-4-10-16(17)14-21-19(23)18(22-12-6-7-13-22)15-8-2-1-3-9-15/h1-13,18H,14H2,(H,21,23). The maximum absolute atomic E-state index is 13.7. The van der Waals surface area contributed by atoms with Crippen LogP contribution in [0.15, 0.2) is 79.1 Å². The number of halogens is 1. The third-order valence-electron chi connectivity index (χ3n) is 3.70. The van der Waals surface area contributed by atoms with Crippen molar-refractivity contribution in [2.45, 2.75) is 12.6 Å². The molecule has 0 bridgehead atoms. The predicted octanol–water partition coefficient (Wildman–Crippen LogP) is 3.53. The fourth-order valence-electron chi connectivity index (χ4n) is 2.53. The summed E-state index contributed by atoms with van der Waals surface area (Å²) in [4.78, 5) is 12.7. The highest BCUT2D eigenvalue weighted by Gasteiger charge is 2.21. The number of rotatable bonds is 5. The minimum Gasteiger partial charge on any atom is -0.350 e. The Kier molecular flexibility index (Phi) is 4.52. The van der Waals surface area contributed by atoms with Crippen molar-refractivity contribution >= 4 is 5.91 Å². The molecule has 0 saturated heterocycles. The van der Waals surface area contributed by atoms with Gasteiger partial charge >= 0.3 is 0 Å². The fraction of sp³-hybridized carbons (Fsp3) is 0.105. The van der Waals surface area contributed by atoms with Gasteiger partial charge in [-0.2, -0.15) is 0 Å². The van der Waals surface area contributed by atoms with Gasteiger partial charge in [-0.25, -0.2) is 4.39 Å². The second-order valence-corrected chi connectivity index (χ2v) is 5.25. The summed E-state index contributed by atoms with van der Waals surface area (Å²) in [7, 11) is 0. The molecular formula is C19H17FN2O. The molecule has 1 amide bonds. The van der Waals surface area contributed by atoms with Crippen LogP contribution in [0.4, 0.5) is 4.39 Å². The van der Waals surface area contributed by atoms with Crippen LogP contribution >= 0.6 is 0 Å². The molecule has 0 spiro atoms. The van der Waals surface area contributed by atoms with Gasteiger partial charge in [-0.1, -0.05) is 48.5 Å². The van der Waals surface area contributed by atoms with Crippen molar-refractivity contribution in [1.29, 1.82) is 0 Å². The van der Waals surface area contributed by atoms with Crippen molar-refractivity contribution in [1.82, 2.24) is 9.88 Å². The first kappa shape index (κ1) is 15.0. The first-order valence-electron chi connectivity index (χ1n) is 7.44. The quantitative estimate of drug-likeness (QED) is 0.768. The number of nitrogens with zero attached hydrogens (tertiary/aromatic N) is 1. The lowest BCUT2D eigenvalue weighted by atomic mass is 10.1. The topological polar surface area (TPSA) is 34.0 Å². The van der Waals surface area contributed by atoms with Crippen molar-refractivity contribution in [3.05, 3.63) is 96.1 Å². The van der Waals surface area contributed by atoms with Crippen molar-refractivity contribution < 1.29 is 9.18 Å². The van der Waals surface area contributed by atoms with Crippen LogP contribution in [-0.4, -0.2) is 10.5 Å². The van der Waals surface area contributed by atoms with Crippen LogP contribution in [0.5, 0.6) is 0 Å². The Hall–Kier alpha value is -2.88. The monoisotopic (exact) mass is 308 g/mol. The molecule has 3 rings (SSSR count). The zero-order valence-corrected chi connectivity index (χ0v) is 12.5. The first-order chi connectivity index (χ1) is 11.3. The Morgan fingerprint density at radius 1 is 0.957 bits per heavy atom. The molecule has 1 atom stereocenters. The van der Waals surface area contributed by atoms with E-state index in [0.29, 0.717) is 5.56 Å². The van der Waals surface area contributed by atoms with E-state index in [2.05, 4.69) is 5.32 Å². The van der Waals surface area contributed by atoms with Gasteiger partial charge in [0.05, 0.1) is 0 Å². The predicted molar refractivity (Wildman–Crippen MR) is 87.3 cm³/mol. The lowest BCUT2D eigenvalue weighted by Crippen LogP contribution is -2.32. The average Bonchev–Trinajstić information content (AvgIpc) is 3.09. The lowest BCUT2D eigenvalue weighted by molar-refractivity contribution is -0.123. The van der Waals surface area contributed by atoms with E-state index < -0.39 is 6.04 Å². The van der Waals surface area contributed by atoms with Crippen molar-refractivity contribution in [2.75, 3.05) is 0 Å². The lowest BCUT2D eigenvalue weighted by Gasteiger charge is -2.19. The van der Waals surface area contributed by atoms with Crippen LogP contribution in [0.25, 0.3) is 0 Å². The summed E-state index contributed by atoms with van der Waals surface area (Å²) in [5.41, 5.74) is 1.36. The molecule has 116 valence electrons. The van der Waals surface area contributed by atoms with Crippen LogP contribution in [0.3, 0.4) is 0 Å². The number of hydrogen-bond donors (Lipinski definition) is 1. The van der Waals surface area contributed by atoms with Gasteiger partial charge in [0.2, 0.25) is 5.91 Å². The summed E-state index contributed by atoms with van der Waals surface area (Å²) in [6.45, 7) is 0.163. The number of amides is 1. The summed E-state index contributed by atoms with van der Waals surface area (Å²) in [6.07, 6.45) is 3.70. The van der Waals surface area contributed by atoms with Gasteiger partial charge in [0.25, 0.3) is 0 Å². The maximum Gasteiger partial charge on any atom is 0.247 e. The molecule has 2 aromatic carbocycles. The third kappa shape index (κ3) is 3.48. The molecular weight excluding hydrogens is 291 g/mol. The van der Waals surface area contributed by atoms with Crippen LogP contribution in [-0.2, 0) is 11.3 Å². The SMILES string of the molecule is O=C(NCc1ccccc1F)C(c1ccccc1)n1cccc1. The second-order valence-electron chi connectivity index (χ2n) is 5.25. The van der Waals surface area contributed by atoms with E-state index in [0.717, 1.165) is 5.56 Å². The normalized spacial score (nSPS) is 11.9. The van der Waals surface area contributed by atoms with Crippen molar-refractivity contribution in [3.63, 3.8) is 0 Å². The minimum atomic E-state index is -0.474. The molecule has 0 fully saturated rings. The highest BCUT2D eigenvalue weighted by atomic mass is 19.1. The van der Waals surface area contributed by atoms with E-state index in [1.807, 2.05) is 59.4 Å². The average molecular weight is 308 g/mol. The molecule has 0 aliphatic heterocycles. The van der Waals surface area contributed by atoms with Gasteiger partial charge in [0, 0.05) is 24.5 Å². The molecule has 1 heterocycles. The van der Waals surface area contributed by atoms with Gasteiger partial charge in [-0.05, 0) is 23.8 Å². The van der Waals surface area contributed by atoms with Crippen LogP contribution in [0.1, 0.15) is 17.2 Å². The zero-order chi connectivity index (χ0) is 16.1. The highest BCUT2D eigenvalue weighted by molar-refractivity contribution is 5.83. The molecule has 0 saturated carbocycles. The van der Waals surface area contributed by atoms with Crippen LogP contribution in [0.2, 0.25) is 0 Å². The van der Waals surface area contributed by atoms with Gasteiger partial charge in [0.15, 0.2) is 0 Å². The molecule has 0 aliphatic rings. The fourth-order valence-corrected chi connectivity index (χ4v) is 2.53. The van der Waals surface area contributed by atoms with Gasteiger partial charge in [-0.3, -0.25) is 4.79 Å². The Morgan fingerprint density at radius 3 is 2.30 bits per heavy atom. The zero-order valence-electron chi connectivity index (χ0n) is 12.5. The van der Waals surface area contributed by atoms with E-state index >= 15 is 0 Å². The first-order valence-corrected chi connectivity index (χ1v) is 7.44. The summed E-state index contributed by atoms with van der Waals surface area (Å²) in [5.74, 6) is -0.485. The number of carbonyl (C=O) groups is 1. The number of benzene rings is 2. The van der Waals surface area contributed by atoms with Crippen molar-refractivity contribution in [2.24, 2.45) is 0 Å². The summed E-state index contributed by atoms with van der Waals surface area (Å²) in [6, 6.07) is 19.3. The van der Waals surface area contributed by atoms with Crippen molar-refractivity contribution in [3.8, 4) is 0 Å². The number of nitrogens with one attached hydrogen (secondary N) is 1. The Morgan fingerprint density at radius 2 is 1.61 bits per heavy atom. The van der Waals surface area contributed by atoms with Gasteiger partial charge in [-0.15, -0.1) is 0 Å². The Labute approximate surface area is 134 Å².